The number of amides is 1. The maximum absolute atomic E-state index is 11.2. The van der Waals surface area contributed by atoms with E-state index in [1.165, 1.54) is 0 Å². The molecule has 0 aromatic carbocycles. The number of carbonyl (C=O) groups is 2. The number of sulfone groups is 1. The van der Waals surface area contributed by atoms with Gasteiger partial charge in [-0.15, -0.1) is 0 Å². The molecule has 2 N–H and O–H groups in total. The van der Waals surface area contributed by atoms with Crippen LogP contribution in [0.2, 0.25) is 0 Å². The van der Waals surface area contributed by atoms with E-state index in [1.54, 1.807) is 0 Å². The fourth-order valence-electron chi connectivity index (χ4n) is 1.53. The van der Waals surface area contributed by atoms with E-state index in [1.807, 2.05) is 0 Å². The van der Waals surface area contributed by atoms with E-state index < -0.39 is 27.8 Å². The molecule has 0 bridgehead atoms. The Bertz CT molecular complexity index is 412. The molecule has 0 spiro atoms. The van der Waals surface area contributed by atoms with Crippen LogP contribution in [0.4, 0.5) is 0 Å². The average molecular weight is 247 g/mol. The molecule has 0 aliphatic carbocycles. The predicted molar refractivity (Wildman–Crippen MR) is 56.6 cm³/mol. The van der Waals surface area contributed by atoms with Crippen molar-refractivity contribution in [1.82, 2.24) is 5.32 Å². The van der Waals surface area contributed by atoms with Crippen LogP contribution in [0.1, 0.15) is 12.8 Å². The van der Waals surface area contributed by atoms with Gasteiger partial charge in [0.2, 0.25) is 5.91 Å². The lowest BCUT2D eigenvalue weighted by Gasteiger charge is -2.22. The van der Waals surface area contributed by atoms with Crippen molar-refractivity contribution in [2.24, 2.45) is 0 Å². The molecular weight excluding hydrogens is 234 g/mol. The third-order valence-electron chi connectivity index (χ3n) is 2.19. The van der Waals surface area contributed by atoms with Crippen molar-refractivity contribution in [1.29, 1.82) is 0 Å². The Kier molecular flexibility index (Phi) is 4.05. The van der Waals surface area contributed by atoms with Crippen LogP contribution in [-0.4, -0.2) is 42.9 Å². The van der Waals surface area contributed by atoms with E-state index in [0.717, 1.165) is 6.08 Å². The van der Waals surface area contributed by atoms with E-state index in [2.05, 4.69) is 5.32 Å². The van der Waals surface area contributed by atoms with Crippen molar-refractivity contribution in [3.63, 3.8) is 0 Å². The molecule has 1 aliphatic heterocycles. The molecule has 1 aliphatic rings. The van der Waals surface area contributed by atoms with Crippen molar-refractivity contribution in [3.05, 3.63) is 12.2 Å². The van der Waals surface area contributed by atoms with Gasteiger partial charge in [0.15, 0.2) is 9.84 Å². The third kappa shape index (κ3) is 4.43. The summed E-state index contributed by atoms with van der Waals surface area (Å²) in [5.74, 6) is -1.71. The van der Waals surface area contributed by atoms with Crippen molar-refractivity contribution in [2.75, 3.05) is 11.5 Å². The Morgan fingerprint density at radius 2 is 2.00 bits per heavy atom. The molecule has 1 fully saturated rings. The molecule has 1 unspecified atom stereocenters. The van der Waals surface area contributed by atoms with E-state index in [9.17, 15) is 18.0 Å². The molecule has 0 aromatic heterocycles. The minimum Gasteiger partial charge on any atom is -0.478 e. The molecule has 0 aromatic rings. The van der Waals surface area contributed by atoms with Crippen LogP contribution in [-0.2, 0) is 19.4 Å². The van der Waals surface area contributed by atoms with Crippen LogP contribution < -0.4 is 5.32 Å². The molecule has 0 radical (unpaired) electrons. The average Bonchev–Trinajstić information content (AvgIpc) is 2.13. The standard InChI is InChI=1S/C9H13NO5S/c11-8(3-4-9(12)13)10-7-2-1-5-16(14,15)6-7/h3-4,7H,1-2,5-6H2,(H,10,11)(H,12,13). The molecule has 1 atom stereocenters. The van der Waals surface area contributed by atoms with E-state index in [4.69, 9.17) is 5.11 Å². The van der Waals surface area contributed by atoms with Gasteiger partial charge in [0.1, 0.15) is 0 Å². The number of aliphatic carboxylic acids is 1. The lowest BCUT2D eigenvalue weighted by atomic mass is 10.2. The van der Waals surface area contributed by atoms with Gasteiger partial charge in [0.25, 0.3) is 0 Å². The summed E-state index contributed by atoms with van der Waals surface area (Å²) >= 11 is 0. The second kappa shape index (κ2) is 5.11. The van der Waals surface area contributed by atoms with Gasteiger partial charge in [0.05, 0.1) is 11.5 Å². The second-order valence-corrected chi connectivity index (χ2v) is 5.86. The van der Waals surface area contributed by atoms with Crippen molar-refractivity contribution in [3.8, 4) is 0 Å². The van der Waals surface area contributed by atoms with Crippen LogP contribution in [0.3, 0.4) is 0 Å². The predicted octanol–water partition coefficient (Wildman–Crippen LogP) is -0.679. The first-order chi connectivity index (χ1) is 7.39. The summed E-state index contributed by atoms with van der Waals surface area (Å²) in [7, 11) is -3.06. The Hall–Kier alpha value is -1.37. The first kappa shape index (κ1) is 12.7. The molecule has 0 saturated carbocycles. The molecule has 1 rings (SSSR count). The molecule has 1 heterocycles. The zero-order valence-corrected chi connectivity index (χ0v) is 9.37. The topological polar surface area (TPSA) is 101 Å². The molecule has 7 heteroatoms. The van der Waals surface area contributed by atoms with Crippen molar-refractivity contribution in [2.45, 2.75) is 18.9 Å². The normalized spacial score (nSPS) is 24.1. The highest BCUT2D eigenvalue weighted by atomic mass is 32.2. The molecule has 1 saturated heterocycles. The number of nitrogens with one attached hydrogen (secondary N) is 1. The smallest absolute Gasteiger partial charge is 0.328 e. The molecule has 16 heavy (non-hydrogen) atoms. The van der Waals surface area contributed by atoms with Crippen LogP contribution in [0.5, 0.6) is 0 Å². The van der Waals surface area contributed by atoms with Gasteiger partial charge in [-0.2, -0.15) is 0 Å². The van der Waals surface area contributed by atoms with Crippen LogP contribution in [0, 0.1) is 0 Å². The van der Waals surface area contributed by atoms with E-state index in [-0.39, 0.29) is 11.5 Å². The minimum atomic E-state index is -3.06. The number of hydrogen-bond acceptors (Lipinski definition) is 4. The first-order valence-electron chi connectivity index (χ1n) is 4.81. The maximum Gasteiger partial charge on any atom is 0.328 e. The molecular formula is C9H13NO5S. The lowest BCUT2D eigenvalue weighted by molar-refractivity contribution is -0.131. The zero-order chi connectivity index (χ0) is 12.2. The van der Waals surface area contributed by atoms with E-state index >= 15 is 0 Å². The van der Waals surface area contributed by atoms with Gasteiger partial charge in [-0.3, -0.25) is 4.79 Å². The monoisotopic (exact) mass is 247 g/mol. The Balaban J connectivity index is 2.48. The summed E-state index contributed by atoms with van der Waals surface area (Å²) in [4.78, 5) is 21.3. The van der Waals surface area contributed by atoms with E-state index in [0.29, 0.717) is 18.9 Å². The molecule has 1 amide bonds. The zero-order valence-electron chi connectivity index (χ0n) is 8.55. The van der Waals surface area contributed by atoms with Crippen LogP contribution >= 0.6 is 0 Å². The fraction of sp³-hybridized carbons (Fsp3) is 0.556. The summed E-state index contributed by atoms with van der Waals surface area (Å²) in [5, 5.41) is 10.8. The number of carboxylic acid groups (broad SMARTS) is 1. The maximum atomic E-state index is 11.2. The van der Waals surface area contributed by atoms with Gasteiger partial charge in [-0.25, -0.2) is 13.2 Å². The fourth-order valence-corrected chi connectivity index (χ4v) is 3.17. The highest BCUT2D eigenvalue weighted by Gasteiger charge is 2.25. The Labute approximate surface area is 93.3 Å². The minimum absolute atomic E-state index is 0.0698. The van der Waals surface area contributed by atoms with Gasteiger partial charge in [-0.1, -0.05) is 0 Å². The quantitative estimate of drug-likeness (QED) is 0.643. The van der Waals surface area contributed by atoms with Gasteiger partial charge < -0.3 is 10.4 Å². The van der Waals surface area contributed by atoms with Gasteiger partial charge >= 0.3 is 5.97 Å². The summed E-state index contributed by atoms with van der Waals surface area (Å²) in [6.07, 6.45) is 2.72. The van der Waals surface area contributed by atoms with Gasteiger partial charge in [-0.05, 0) is 12.8 Å². The van der Waals surface area contributed by atoms with Crippen LogP contribution in [0.15, 0.2) is 12.2 Å². The summed E-state index contributed by atoms with van der Waals surface area (Å²) < 4.78 is 22.5. The van der Waals surface area contributed by atoms with Gasteiger partial charge in [0, 0.05) is 18.2 Å². The third-order valence-corrected chi connectivity index (χ3v) is 4.01. The summed E-state index contributed by atoms with van der Waals surface area (Å²) in [5.41, 5.74) is 0. The van der Waals surface area contributed by atoms with Crippen LogP contribution in [0.25, 0.3) is 0 Å². The number of carboxylic acids is 1. The molecule has 6 nitrogen and oxygen atoms in total. The number of hydrogen-bond donors (Lipinski definition) is 2. The first-order valence-corrected chi connectivity index (χ1v) is 6.63. The largest absolute Gasteiger partial charge is 0.478 e. The lowest BCUT2D eigenvalue weighted by Crippen LogP contribution is -2.42. The summed E-state index contributed by atoms with van der Waals surface area (Å²) in [6.45, 7) is 0. The van der Waals surface area contributed by atoms with Crippen molar-refractivity contribution < 1.29 is 23.1 Å². The van der Waals surface area contributed by atoms with Crippen molar-refractivity contribution >= 4 is 21.7 Å². The Morgan fingerprint density at radius 1 is 1.31 bits per heavy atom. The highest BCUT2D eigenvalue weighted by molar-refractivity contribution is 7.91. The summed E-state index contributed by atoms with van der Waals surface area (Å²) in [6, 6.07) is -0.412. The highest BCUT2D eigenvalue weighted by Crippen LogP contribution is 2.11. The second-order valence-electron chi connectivity index (χ2n) is 3.63. The molecule has 90 valence electrons. The number of carbonyl (C=O) groups excluding carboxylic acids is 1. The number of rotatable bonds is 3. The SMILES string of the molecule is O=C(O)C=CC(=O)NC1CCCS(=O)(=O)C1. The Morgan fingerprint density at radius 3 is 2.56 bits per heavy atom.